The van der Waals surface area contributed by atoms with Crippen molar-refractivity contribution in [2.45, 2.75) is 25.8 Å². The fourth-order valence-corrected chi connectivity index (χ4v) is 2.49. The summed E-state index contributed by atoms with van der Waals surface area (Å²) in [7, 11) is 1.59. The highest BCUT2D eigenvalue weighted by molar-refractivity contribution is 5.78. The van der Waals surface area contributed by atoms with Crippen LogP contribution in [0.1, 0.15) is 19.8 Å². The highest BCUT2D eigenvalue weighted by Gasteiger charge is 2.23. The van der Waals surface area contributed by atoms with E-state index in [9.17, 15) is 9.59 Å². The van der Waals surface area contributed by atoms with E-state index >= 15 is 0 Å². The van der Waals surface area contributed by atoms with E-state index in [2.05, 4.69) is 5.32 Å². The van der Waals surface area contributed by atoms with Gasteiger partial charge in [-0.25, -0.2) is 0 Å². The maximum absolute atomic E-state index is 12.1. The van der Waals surface area contributed by atoms with Crippen LogP contribution in [0.3, 0.4) is 0 Å². The molecule has 0 aromatic heterocycles. The normalized spacial score (nSPS) is 15.3. The van der Waals surface area contributed by atoms with Crippen molar-refractivity contribution in [3.8, 4) is 11.5 Å². The molecular weight excluding hydrogens is 284 g/mol. The fourth-order valence-electron chi connectivity index (χ4n) is 2.49. The van der Waals surface area contributed by atoms with E-state index in [1.54, 1.807) is 24.1 Å². The zero-order valence-corrected chi connectivity index (χ0v) is 13.0. The van der Waals surface area contributed by atoms with Gasteiger partial charge in [0, 0.05) is 32.1 Å². The lowest BCUT2D eigenvalue weighted by molar-refractivity contribution is -0.134. The second kappa shape index (κ2) is 7.68. The molecule has 2 rings (SSSR count). The largest absolute Gasteiger partial charge is 0.497 e. The fraction of sp³-hybridized carbons (Fsp3) is 0.500. The van der Waals surface area contributed by atoms with Crippen molar-refractivity contribution in [1.29, 1.82) is 0 Å². The van der Waals surface area contributed by atoms with Gasteiger partial charge in [0.05, 0.1) is 7.11 Å². The number of nitrogens with one attached hydrogen (secondary N) is 1. The number of carbonyl (C=O) groups excluding carboxylic acids is 2. The van der Waals surface area contributed by atoms with Crippen molar-refractivity contribution in [2.24, 2.45) is 0 Å². The van der Waals surface area contributed by atoms with Crippen LogP contribution in [0.5, 0.6) is 11.5 Å². The van der Waals surface area contributed by atoms with Gasteiger partial charge in [-0.1, -0.05) is 6.07 Å². The molecule has 0 atom stereocenters. The quantitative estimate of drug-likeness (QED) is 0.887. The number of amides is 2. The molecule has 0 spiro atoms. The molecule has 6 heteroatoms. The summed E-state index contributed by atoms with van der Waals surface area (Å²) in [4.78, 5) is 24.9. The van der Waals surface area contributed by atoms with Crippen LogP contribution in [-0.4, -0.2) is 49.6 Å². The smallest absolute Gasteiger partial charge is 0.260 e. The van der Waals surface area contributed by atoms with Crippen LogP contribution >= 0.6 is 0 Å². The second-order valence-electron chi connectivity index (χ2n) is 5.32. The van der Waals surface area contributed by atoms with Gasteiger partial charge in [0.2, 0.25) is 5.91 Å². The molecule has 1 aliphatic heterocycles. The summed E-state index contributed by atoms with van der Waals surface area (Å²) < 4.78 is 10.6. The van der Waals surface area contributed by atoms with Crippen molar-refractivity contribution >= 4 is 11.8 Å². The Bertz CT molecular complexity index is 525. The number of hydrogen-bond acceptors (Lipinski definition) is 4. The van der Waals surface area contributed by atoms with Crippen LogP contribution in [-0.2, 0) is 9.59 Å². The lowest BCUT2D eigenvalue weighted by Gasteiger charge is -2.32. The molecule has 0 saturated carbocycles. The molecule has 0 radical (unpaired) electrons. The van der Waals surface area contributed by atoms with Gasteiger partial charge in [-0.3, -0.25) is 9.59 Å². The first-order valence-corrected chi connectivity index (χ1v) is 7.40. The predicted molar refractivity (Wildman–Crippen MR) is 81.9 cm³/mol. The lowest BCUT2D eigenvalue weighted by Crippen LogP contribution is -2.47. The second-order valence-corrected chi connectivity index (χ2v) is 5.32. The van der Waals surface area contributed by atoms with E-state index in [-0.39, 0.29) is 24.5 Å². The number of benzene rings is 1. The molecule has 1 aromatic rings. The van der Waals surface area contributed by atoms with Crippen molar-refractivity contribution in [1.82, 2.24) is 10.2 Å². The van der Waals surface area contributed by atoms with Crippen molar-refractivity contribution in [3.63, 3.8) is 0 Å². The van der Waals surface area contributed by atoms with E-state index in [1.807, 2.05) is 12.1 Å². The molecular formula is C16H22N2O4. The zero-order valence-electron chi connectivity index (χ0n) is 13.0. The molecule has 0 aliphatic carbocycles. The minimum Gasteiger partial charge on any atom is -0.497 e. The molecule has 1 aliphatic rings. The summed E-state index contributed by atoms with van der Waals surface area (Å²) in [6, 6.07) is 7.34. The summed E-state index contributed by atoms with van der Waals surface area (Å²) in [6.45, 7) is 2.81. The molecule has 1 saturated heterocycles. The molecule has 0 unspecified atom stereocenters. The lowest BCUT2D eigenvalue weighted by atomic mass is 10.1. The van der Waals surface area contributed by atoms with Gasteiger partial charge in [-0.05, 0) is 25.0 Å². The van der Waals surface area contributed by atoms with E-state index in [4.69, 9.17) is 9.47 Å². The summed E-state index contributed by atoms with van der Waals surface area (Å²) in [5.74, 6) is 1.25. The Morgan fingerprint density at radius 1 is 1.27 bits per heavy atom. The Labute approximate surface area is 130 Å². The molecule has 6 nitrogen and oxygen atoms in total. The Balaban J connectivity index is 1.77. The molecule has 1 N–H and O–H groups in total. The van der Waals surface area contributed by atoms with Crippen molar-refractivity contribution in [3.05, 3.63) is 24.3 Å². The van der Waals surface area contributed by atoms with Crippen LogP contribution in [0.15, 0.2) is 24.3 Å². The van der Waals surface area contributed by atoms with Gasteiger partial charge in [0.15, 0.2) is 6.61 Å². The van der Waals surface area contributed by atoms with Crippen LogP contribution < -0.4 is 14.8 Å². The summed E-state index contributed by atoms with van der Waals surface area (Å²) in [5, 5.41) is 2.89. The first-order chi connectivity index (χ1) is 10.6. The predicted octanol–water partition coefficient (Wildman–Crippen LogP) is 1.20. The van der Waals surface area contributed by atoms with Gasteiger partial charge < -0.3 is 19.7 Å². The van der Waals surface area contributed by atoms with E-state index in [0.717, 1.165) is 12.8 Å². The Morgan fingerprint density at radius 3 is 2.59 bits per heavy atom. The van der Waals surface area contributed by atoms with Gasteiger partial charge in [-0.15, -0.1) is 0 Å². The standard InChI is InChI=1S/C16H22N2O4/c1-12(19)17-13-6-8-18(9-7-13)16(20)11-22-15-5-3-4-14(10-15)21-2/h3-5,10,13H,6-9,11H2,1-2H3,(H,17,19). The highest BCUT2D eigenvalue weighted by Crippen LogP contribution is 2.19. The highest BCUT2D eigenvalue weighted by atomic mass is 16.5. The number of methoxy groups -OCH3 is 1. The van der Waals surface area contributed by atoms with Crippen LogP contribution in [0.25, 0.3) is 0 Å². The van der Waals surface area contributed by atoms with E-state index in [1.165, 1.54) is 6.92 Å². The number of piperidine rings is 1. The zero-order chi connectivity index (χ0) is 15.9. The minimum absolute atomic E-state index is 0.0119. The first kappa shape index (κ1) is 16.1. The molecule has 0 bridgehead atoms. The van der Waals surface area contributed by atoms with Crippen molar-refractivity contribution < 1.29 is 19.1 Å². The molecule has 1 fully saturated rings. The number of carbonyl (C=O) groups is 2. The third-order valence-electron chi connectivity index (χ3n) is 3.66. The number of rotatable bonds is 5. The molecule has 120 valence electrons. The molecule has 1 heterocycles. The molecule has 2 amide bonds. The molecule has 22 heavy (non-hydrogen) atoms. The van der Waals surface area contributed by atoms with E-state index in [0.29, 0.717) is 24.6 Å². The summed E-state index contributed by atoms with van der Waals surface area (Å²) >= 11 is 0. The third-order valence-corrected chi connectivity index (χ3v) is 3.66. The average molecular weight is 306 g/mol. The minimum atomic E-state index is -0.0379. The van der Waals surface area contributed by atoms with Crippen LogP contribution in [0.2, 0.25) is 0 Å². The van der Waals surface area contributed by atoms with Crippen LogP contribution in [0, 0.1) is 0 Å². The van der Waals surface area contributed by atoms with Crippen LogP contribution in [0.4, 0.5) is 0 Å². The summed E-state index contributed by atoms with van der Waals surface area (Å²) in [6.07, 6.45) is 1.56. The maximum atomic E-state index is 12.1. The average Bonchev–Trinajstić information content (AvgIpc) is 2.53. The van der Waals surface area contributed by atoms with E-state index < -0.39 is 0 Å². The Morgan fingerprint density at radius 2 is 1.95 bits per heavy atom. The van der Waals surface area contributed by atoms with Gasteiger partial charge in [0.25, 0.3) is 5.91 Å². The maximum Gasteiger partial charge on any atom is 0.260 e. The number of ether oxygens (including phenoxy) is 2. The molecule has 1 aromatic carbocycles. The summed E-state index contributed by atoms with van der Waals surface area (Å²) in [5.41, 5.74) is 0. The Hall–Kier alpha value is -2.24. The van der Waals surface area contributed by atoms with Gasteiger partial charge in [-0.2, -0.15) is 0 Å². The first-order valence-electron chi connectivity index (χ1n) is 7.40. The third kappa shape index (κ3) is 4.65. The SMILES string of the molecule is COc1cccc(OCC(=O)N2CCC(NC(C)=O)CC2)c1. The number of likely N-dealkylation sites (tertiary alicyclic amines) is 1. The van der Waals surface area contributed by atoms with Crippen molar-refractivity contribution in [2.75, 3.05) is 26.8 Å². The number of hydrogen-bond donors (Lipinski definition) is 1. The van der Waals surface area contributed by atoms with Gasteiger partial charge in [0.1, 0.15) is 11.5 Å². The number of nitrogens with zero attached hydrogens (tertiary/aromatic N) is 1. The topological polar surface area (TPSA) is 67.9 Å². The van der Waals surface area contributed by atoms with Gasteiger partial charge >= 0.3 is 0 Å². The monoisotopic (exact) mass is 306 g/mol. The Kier molecular flexibility index (Phi) is 5.63.